The molecule has 0 heterocycles. The fourth-order valence-corrected chi connectivity index (χ4v) is 6.00. The monoisotopic (exact) mass is 492 g/mol. The van der Waals surface area contributed by atoms with Gasteiger partial charge in [-0.1, -0.05) is 54.6 Å². The number of hydrogen-bond acceptors (Lipinski definition) is 0. The summed E-state index contributed by atoms with van der Waals surface area (Å²) in [7, 11) is 0. The van der Waals surface area contributed by atoms with Crippen molar-refractivity contribution in [1.29, 1.82) is 0 Å². The summed E-state index contributed by atoms with van der Waals surface area (Å²) in [4.78, 5) is 0. The average Bonchev–Trinajstić information content (AvgIpc) is 2.56. The predicted octanol–water partition coefficient (Wildman–Crippen LogP) is 4.13. The smallest absolute Gasteiger partial charge is 0.0620 e. The third kappa shape index (κ3) is 3.29. The van der Waals surface area contributed by atoms with Crippen LogP contribution in [0, 0.1) is 0 Å². The van der Waals surface area contributed by atoms with Crippen LogP contribution in [0.15, 0.2) is 91.0 Å². The van der Waals surface area contributed by atoms with Gasteiger partial charge in [0.2, 0.25) is 6.62 Å². The summed E-state index contributed by atoms with van der Waals surface area (Å²) < 4.78 is 0. The zero-order valence-corrected chi connectivity index (χ0v) is 15.2. The molecule has 0 saturated heterocycles. The fourth-order valence-electron chi connectivity index (χ4n) is 2.35. The van der Waals surface area contributed by atoms with Crippen LogP contribution in [0.1, 0.15) is 0 Å². The van der Waals surface area contributed by atoms with Crippen LogP contribution in [0.25, 0.3) is 0 Å². The molecule has 3 heteroatoms. The van der Waals surface area contributed by atoms with E-state index in [1.54, 1.807) is 0 Å². The summed E-state index contributed by atoms with van der Waals surface area (Å²) in [6, 6.07) is 31.2. The third-order valence-electron chi connectivity index (χ3n) is 3.34. The van der Waals surface area contributed by atoms with E-state index in [1.807, 2.05) is 18.2 Å². The van der Waals surface area contributed by atoms with Gasteiger partial charge in [0.05, 0.1) is 0 Å². The number of hydrogen-bond donors (Lipinski definition) is 0. The molecule has 0 aliphatic rings. The van der Waals surface area contributed by atoms with Gasteiger partial charge in [0.25, 0.3) is 0 Å². The van der Waals surface area contributed by atoms with Crippen molar-refractivity contribution >= 4 is 33.8 Å². The summed E-state index contributed by atoms with van der Waals surface area (Å²) in [6.07, 6.45) is 0. The van der Waals surface area contributed by atoms with Gasteiger partial charge in [-0.15, -0.1) is 0 Å². The molecule has 0 spiro atoms. The Morgan fingerprint density at radius 3 is 0.952 bits per heavy atom. The van der Waals surface area contributed by atoms with Crippen LogP contribution in [0.4, 0.5) is 0 Å². The molecule has 0 atom stereocenters. The van der Waals surface area contributed by atoms with Crippen molar-refractivity contribution in [3.05, 3.63) is 91.0 Å². The first-order valence-corrected chi connectivity index (χ1v) is 9.27. The molecular weight excluding hydrogens is 478 g/mol. The molecule has 0 aromatic heterocycles. The minimum Gasteiger partial charge on any atom is -0.0620 e. The standard InChI is InChI=1S/C18H15ClP.Pt/c19-20(16-10-4-1-5-11-16,17-12-6-2-7-13-17)18-14-8-3-9-15-18;/h1-15H;/q+1;. The van der Waals surface area contributed by atoms with Crippen molar-refractivity contribution in [2.45, 2.75) is 0 Å². The van der Waals surface area contributed by atoms with E-state index < -0.39 is 6.62 Å². The number of rotatable bonds is 3. The maximum absolute atomic E-state index is 7.23. The van der Waals surface area contributed by atoms with E-state index >= 15 is 0 Å². The molecule has 0 radical (unpaired) electrons. The molecule has 0 amide bonds. The maximum atomic E-state index is 7.23. The van der Waals surface area contributed by atoms with Gasteiger partial charge in [0, 0.05) is 21.1 Å². The quantitative estimate of drug-likeness (QED) is 0.482. The van der Waals surface area contributed by atoms with E-state index in [4.69, 9.17) is 11.2 Å². The summed E-state index contributed by atoms with van der Waals surface area (Å²) >= 11 is 7.23. The first-order valence-electron chi connectivity index (χ1n) is 6.57. The molecule has 108 valence electrons. The van der Waals surface area contributed by atoms with E-state index in [0.717, 1.165) is 0 Å². The average molecular weight is 493 g/mol. The second kappa shape index (κ2) is 7.37. The van der Waals surface area contributed by atoms with E-state index in [2.05, 4.69) is 72.8 Å². The van der Waals surface area contributed by atoms with Crippen molar-refractivity contribution in [3.8, 4) is 0 Å². The maximum Gasteiger partial charge on any atom is 0.210 e. The first kappa shape index (κ1) is 16.4. The molecule has 0 unspecified atom stereocenters. The van der Waals surface area contributed by atoms with Crippen molar-refractivity contribution < 1.29 is 21.1 Å². The third-order valence-corrected chi connectivity index (χ3v) is 8.12. The van der Waals surface area contributed by atoms with Gasteiger partial charge in [-0.05, 0) is 36.4 Å². The Bertz CT molecular complexity index is 575. The normalized spacial score (nSPS) is 10.7. The van der Waals surface area contributed by atoms with Crippen LogP contribution in [0.5, 0.6) is 0 Å². The summed E-state index contributed by atoms with van der Waals surface area (Å²) in [5.74, 6) is 0. The molecular formula is C18H15ClPPt+. The van der Waals surface area contributed by atoms with E-state index in [-0.39, 0.29) is 21.1 Å². The molecule has 3 aromatic rings. The summed E-state index contributed by atoms with van der Waals surface area (Å²) in [5, 5.41) is 3.58. The number of halogens is 1. The molecule has 3 aromatic carbocycles. The minimum absolute atomic E-state index is 0. The molecule has 0 fully saturated rings. The largest absolute Gasteiger partial charge is 0.210 e. The Kier molecular flexibility index (Phi) is 5.77. The minimum atomic E-state index is -2.05. The topological polar surface area (TPSA) is 0 Å². The van der Waals surface area contributed by atoms with Crippen LogP contribution in [-0.2, 0) is 21.1 Å². The molecule has 3 rings (SSSR count). The van der Waals surface area contributed by atoms with Crippen molar-refractivity contribution in [1.82, 2.24) is 0 Å². The summed E-state index contributed by atoms with van der Waals surface area (Å²) in [6.45, 7) is -2.05. The van der Waals surface area contributed by atoms with Gasteiger partial charge in [0.15, 0.2) is 0 Å². The Balaban J connectivity index is 0.00000161. The summed E-state index contributed by atoms with van der Waals surface area (Å²) in [5.41, 5.74) is 0. The molecule has 21 heavy (non-hydrogen) atoms. The molecule has 0 bridgehead atoms. The first-order chi connectivity index (χ1) is 9.82. The van der Waals surface area contributed by atoms with Gasteiger partial charge < -0.3 is 0 Å². The van der Waals surface area contributed by atoms with Gasteiger partial charge in [-0.2, -0.15) is 0 Å². The van der Waals surface area contributed by atoms with Crippen molar-refractivity contribution in [2.75, 3.05) is 0 Å². The Labute approximate surface area is 145 Å². The van der Waals surface area contributed by atoms with Crippen LogP contribution in [0.3, 0.4) is 0 Å². The van der Waals surface area contributed by atoms with Gasteiger partial charge in [-0.3, -0.25) is 0 Å². The Morgan fingerprint density at radius 2 is 0.714 bits per heavy atom. The second-order valence-electron chi connectivity index (χ2n) is 4.60. The fraction of sp³-hybridized carbons (Fsp3) is 0. The van der Waals surface area contributed by atoms with Crippen LogP contribution in [0.2, 0.25) is 0 Å². The van der Waals surface area contributed by atoms with E-state index in [9.17, 15) is 0 Å². The van der Waals surface area contributed by atoms with Crippen LogP contribution in [-0.4, -0.2) is 0 Å². The van der Waals surface area contributed by atoms with E-state index in [0.29, 0.717) is 0 Å². The van der Waals surface area contributed by atoms with Gasteiger partial charge in [0.1, 0.15) is 27.2 Å². The molecule has 0 nitrogen and oxygen atoms in total. The van der Waals surface area contributed by atoms with Crippen LogP contribution < -0.4 is 15.9 Å². The SMILES string of the molecule is Cl[P+](c1ccccc1)(c1ccccc1)c1ccccc1.[Pt]. The molecule has 0 saturated carbocycles. The predicted molar refractivity (Wildman–Crippen MR) is 91.0 cm³/mol. The molecule has 0 N–H and O–H groups in total. The van der Waals surface area contributed by atoms with E-state index in [1.165, 1.54) is 15.9 Å². The zero-order valence-electron chi connectivity index (χ0n) is 11.3. The molecule has 0 aliphatic carbocycles. The Morgan fingerprint density at radius 1 is 0.476 bits per heavy atom. The van der Waals surface area contributed by atoms with Gasteiger partial charge in [-0.25, -0.2) is 0 Å². The number of benzene rings is 3. The van der Waals surface area contributed by atoms with Crippen LogP contribution >= 0.6 is 17.9 Å². The van der Waals surface area contributed by atoms with Crippen molar-refractivity contribution in [3.63, 3.8) is 0 Å². The molecule has 0 aliphatic heterocycles. The Hall–Kier alpha value is -0.932. The van der Waals surface area contributed by atoms with Crippen molar-refractivity contribution in [2.24, 2.45) is 0 Å². The zero-order chi connectivity index (χ0) is 13.8. The van der Waals surface area contributed by atoms with Gasteiger partial charge >= 0.3 is 0 Å². The second-order valence-corrected chi connectivity index (χ2v) is 8.84.